The summed E-state index contributed by atoms with van der Waals surface area (Å²) in [6.45, 7) is 3.56. The number of rotatable bonds is 4. The zero-order valence-corrected chi connectivity index (χ0v) is 16.7. The zero-order chi connectivity index (χ0) is 21.3. The first-order valence-corrected chi connectivity index (χ1v) is 9.14. The molecular formula is C21H25N7O. The molecule has 3 rings (SSSR count). The number of benzene rings is 2. The molecule has 0 unspecified atom stereocenters. The molecule has 150 valence electrons. The number of nitrogens with one attached hydrogen (secondary N) is 3. The molecule has 8 nitrogen and oxygen atoms in total. The third-order valence-electron chi connectivity index (χ3n) is 5.18. The van der Waals surface area contributed by atoms with Gasteiger partial charge < -0.3 is 16.0 Å². The summed E-state index contributed by atoms with van der Waals surface area (Å²) in [5, 5.41) is 20.6. The van der Waals surface area contributed by atoms with Crippen molar-refractivity contribution in [1.82, 2.24) is 9.91 Å². The summed E-state index contributed by atoms with van der Waals surface area (Å²) in [5.41, 5.74) is 9.76. The second-order valence-corrected chi connectivity index (χ2v) is 6.96. The fraction of sp³-hybridized carbons (Fsp3) is 0.190. The minimum Gasteiger partial charge on any atom is -0.398 e. The fourth-order valence-corrected chi connectivity index (χ4v) is 3.30. The van der Waals surface area contributed by atoms with Crippen molar-refractivity contribution in [3.05, 3.63) is 70.9 Å². The maximum absolute atomic E-state index is 13.0. The smallest absolute Gasteiger partial charge is 0.255 e. The van der Waals surface area contributed by atoms with E-state index >= 15 is 0 Å². The minimum atomic E-state index is -0.449. The van der Waals surface area contributed by atoms with Crippen LogP contribution in [0, 0.1) is 10.8 Å². The van der Waals surface area contributed by atoms with Gasteiger partial charge in [-0.2, -0.15) is 0 Å². The van der Waals surface area contributed by atoms with Crippen molar-refractivity contribution in [3.8, 4) is 0 Å². The minimum absolute atomic E-state index is 0.123. The number of hydrogen-bond donors (Lipinski definition) is 5. The molecule has 1 heterocycles. The van der Waals surface area contributed by atoms with Crippen LogP contribution in [0.3, 0.4) is 0 Å². The van der Waals surface area contributed by atoms with Gasteiger partial charge in [-0.25, -0.2) is 5.84 Å². The topological polar surface area (TPSA) is 135 Å². The maximum atomic E-state index is 13.0. The highest BCUT2D eigenvalue weighted by molar-refractivity contribution is 6.15. The van der Waals surface area contributed by atoms with Crippen molar-refractivity contribution >= 4 is 29.0 Å². The molecule has 0 saturated heterocycles. The SMILES string of the molecule is CC1=C(C(=O)Nc2ccc(N)c(C(=N)c3ccccc3)c2)[C@@H](C)N(N)C(=N)N1C. The van der Waals surface area contributed by atoms with Crippen molar-refractivity contribution in [2.45, 2.75) is 19.9 Å². The Morgan fingerprint density at radius 1 is 1.17 bits per heavy atom. The fourth-order valence-electron chi connectivity index (χ4n) is 3.30. The van der Waals surface area contributed by atoms with Crippen LogP contribution < -0.4 is 16.9 Å². The highest BCUT2D eigenvalue weighted by Gasteiger charge is 2.33. The van der Waals surface area contributed by atoms with Crippen LogP contribution in [0.25, 0.3) is 0 Å². The molecule has 0 aliphatic carbocycles. The number of carbonyl (C=O) groups excluding carboxylic acids is 1. The first-order chi connectivity index (χ1) is 13.7. The highest BCUT2D eigenvalue weighted by atomic mass is 16.1. The lowest BCUT2D eigenvalue weighted by Crippen LogP contribution is -2.56. The Hall–Kier alpha value is -3.65. The average molecular weight is 391 g/mol. The molecule has 0 saturated carbocycles. The lowest BCUT2D eigenvalue weighted by Gasteiger charge is -2.39. The molecule has 0 spiro atoms. The van der Waals surface area contributed by atoms with Crippen LogP contribution in [-0.4, -0.2) is 40.6 Å². The van der Waals surface area contributed by atoms with E-state index in [1.807, 2.05) is 30.3 Å². The van der Waals surface area contributed by atoms with Gasteiger partial charge in [-0.1, -0.05) is 30.3 Å². The van der Waals surface area contributed by atoms with Crippen LogP contribution in [0.5, 0.6) is 0 Å². The Morgan fingerprint density at radius 3 is 2.48 bits per heavy atom. The van der Waals surface area contributed by atoms with Gasteiger partial charge in [0.05, 0.1) is 17.3 Å². The zero-order valence-electron chi connectivity index (χ0n) is 16.7. The molecule has 0 fully saturated rings. The van der Waals surface area contributed by atoms with Crippen LogP contribution in [-0.2, 0) is 4.79 Å². The van der Waals surface area contributed by atoms with E-state index in [1.54, 1.807) is 44.0 Å². The normalized spacial score (nSPS) is 16.8. The average Bonchev–Trinajstić information content (AvgIpc) is 2.72. The van der Waals surface area contributed by atoms with E-state index in [0.717, 1.165) is 5.56 Å². The molecule has 29 heavy (non-hydrogen) atoms. The van der Waals surface area contributed by atoms with Crippen molar-refractivity contribution < 1.29 is 4.79 Å². The van der Waals surface area contributed by atoms with Crippen LogP contribution >= 0.6 is 0 Å². The molecule has 1 aliphatic heterocycles. The van der Waals surface area contributed by atoms with Gasteiger partial charge in [-0.05, 0) is 32.0 Å². The summed E-state index contributed by atoms with van der Waals surface area (Å²) in [4.78, 5) is 14.6. The van der Waals surface area contributed by atoms with E-state index in [9.17, 15) is 4.79 Å². The van der Waals surface area contributed by atoms with E-state index in [-0.39, 0.29) is 17.6 Å². The molecule has 1 amide bonds. The molecule has 1 aliphatic rings. The van der Waals surface area contributed by atoms with Crippen LogP contribution in [0.1, 0.15) is 25.0 Å². The number of nitrogen functional groups attached to an aromatic ring is 1. The number of carbonyl (C=O) groups is 1. The highest BCUT2D eigenvalue weighted by Crippen LogP contribution is 2.25. The number of allylic oxidation sites excluding steroid dienone is 1. The summed E-state index contributed by atoms with van der Waals surface area (Å²) < 4.78 is 0. The van der Waals surface area contributed by atoms with Crippen molar-refractivity contribution in [3.63, 3.8) is 0 Å². The monoisotopic (exact) mass is 391 g/mol. The molecule has 0 bridgehead atoms. The van der Waals surface area contributed by atoms with Gasteiger partial charge in [0.1, 0.15) is 0 Å². The van der Waals surface area contributed by atoms with Gasteiger partial charge in [-0.15, -0.1) is 0 Å². The molecular weight excluding hydrogens is 366 g/mol. The summed E-state index contributed by atoms with van der Waals surface area (Å²) in [7, 11) is 1.69. The molecule has 8 heteroatoms. The molecule has 0 aromatic heterocycles. The Labute approximate surface area is 169 Å². The molecule has 2 aromatic carbocycles. The summed E-state index contributed by atoms with van der Waals surface area (Å²) in [5.74, 6) is 5.76. The van der Waals surface area contributed by atoms with Gasteiger partial charge in [-0.3, -0.25) is 20.6 Å². The number of anilines is 2. The van der Waals surface area contributed by atoms with Crippen LogP contribution in [0.4, 0.5) is 11.4 Å². The van der Waals surface area contributed by atoms with Crippen molar-refractivity contribution in [2.24, 2.45) is 5.84 Å². The molecule has 7 N–H and O–H groups in total. The number of hydrazine groups is 1. The van der Waals surface area contributed by atoms with Gasteiger partial charge in [0.2, 0.25) is 5.96 Å². The van der Waals surface area contributed by atoms with E-state index in [1.165, 1.54) is 5.01 Å². The molecule has 1 atom stereocenters. The second-order valence-electron chi connectivity index (χ2n) is 6.96. The number of amides is 1. The van der Waals surface area contributed by atoms with Gasteiger partial charge in [0.25, 0.3) is 5.91 Å². The number of nitrogens with zero attached hydrogens (tertiary/aromatic N) is 2. The van der Waals surface area contributed by atoms with Crippen LogP contribution in [0.15, 0.2) is 59.8 Å². The summed E-state index contributed by atoms with van der Waals surface area (Å²) >= 11 is 0. The Morgan fingerprint density at radius 2 is 1.83 bits per heavy atom. The Kier molecular flexibility index (Phi) is 5.38. The van der Waals surface area contributed by atoms with Gasteiger partial charge in [0, 0.05) is 35.2 Å². The Balaban J connectivity index is 1.90. The third kappa shape index (κ3) is 3.70. The largest absolute Gasteiger partial charge is 0.398 e. The first-order valence-electron chi connectivity index (χ1n) is 9.14. The lowest BCUT2D eigenvalue weighted by molar-refractivity contribution is -0.113. The van der Waals surface area contributed by atoms with Crippen molar-refractivity contribution in [2.75, 3.05) is 18.1 Å². The quantitative estimate of drug-likeness (QED) is 0.310. The van der Waals surface area contributed by atoms with Crippen LogP contribution in [0.2, 0.25) is 0 Å². The predicted molar refractivity (Wildman–Crippen MR) is 116 cm³/mol. The third-order valence-corrected chi connectivity index (χ3v) is 5.18. The van der Waals surface area contributed by atoms with E-state index in [0.29, 0.717) is 28.2 Å². The lowest BCUT2D eigenvalue weighted by atomic mass is 9.99. The number of nitrogens with two attached hydrogens (primary N) is 2. The van der Waals surface area contributed by atoms with E-state index in [4.69, 9.17) is 22.4 Å². The maximum Gasteiger partial charge on any atom is 0.255 e. The first kappa shape index (κ1) is 20.1. The predicted octanol–water partition coefficient (Wildman–Crippen LogP) is 2.34. The second kappa shape index (κ2) is 7.76. The van der Waals surface area contributed by atoms with Gasteiger partial charge >= 0.3 is 0 Å². The molecule has 0 radical (unpaired) electrons. The standard InChI is InChI=1S/C21H25N7O/c1-12-18(13(2)28(25)21(24)27(12)3)20(29)26-15-9-10-17(22)16(11-15)19(23)14-7-5-4-6-8-14/h4-11,13,23-24H,22,25H2,1-3H3,(H,26,29)/t13-/m1/s1. The van der Waals surface area contributed by atoms with E-state index < -0.39 is 6.04 Å². The van der Waals surface area contributed by atoms with E-state index in [2.05, 4.69) is 5.32 Å². The number of hydrogen-bond acceptors (Lipinski definition) is 5. The summed E-state index contributed by atoms with van der Waals surface area (Å²) in [6, 6.07) is 13.9. The number of guanidine groups is 1. The van der Waals surface area contributed by atoms with Crippen molar-refractivity contribution in [1.29, 1.82) is 10.8 Å². The Bertz CT molecular complexity index is 1010. The molecule has 2 aromatic rings. The summed E-state index contributed by atoms with van der Waals surface area (Å²) in [6.07, 6.45) is 0. The van der Waals surface area contributed by atoms with Gasteiger partial charge in [0.15, 0.2) is 0 Å².